The van der Waals surface area contributed by atoms with Crippen LogP contribution in [0.1, 0.15) is 42.6 Å². The van der Waals surface area contributed by atoms with Crippen LogP contribution in [0.5, 0.6) is 0 Å². The van der Waals surface area contributed by atoms with Gasteiger partial charge in [0.2, 0.25) is 0 Å². The molecule has 0 atom stereocenters. The zero-order chi connectivity index (χ0) is 14.7. The van der Waals surface area contributed by atoms with Crippen LogP contribution in [0, 0.1) is 0 Å². The normalized spacial score (nSPS) is 16.2. The number of nitrogens with zero attached hydrogens (tertiary/aromatic N) is 3. The Morgan fingerprint density at radius 3 is 2.86 bits per heavy atom. The molecule has 21 heavy (non-hydrogen) atoms. The largest absolute Gasteiger partial charge is 0.395 e. The molecule has 0 saturated heterocycles. The Labute approximate surface area is 124 Å². The van der Waals surface area contributed by atoms with E-state index < -0.39 is 0 Å². The van der Waals surface area contributed by atoms with Crippen LogP contribution in [-0.2, 0) is 0 Å². The average Bonchev–Trinajstić information content (AvgIpc) is 2.91. The van der Waals surface area contributed by atoms with Crippen molar-refractivity contribution in [2.75, 3.05) is 18.1 Å². The lowest BCUT2D eigenvalue weighted by Gasteiger charge is -2.34. The first-order valence-corrected chi connectivity index (χ1v) is 7.65. The summed E-state index contributed by atoms with van der Waals surface area (Å²) >= 11 is 0. The number of aliphatic hydroxyl groups is 1. The maximum atomic E-state index is 11.5. The van der Waals surface area contributed by atoms with Gasteiger partial charge in [0.05, 0.1) is 6.61 Å². The number of aldehydes is 1. The molecule has 5 nitrogen and oxygen atoms in total. The summed E-state index contributed by atoms with van der Waals surface area (Å²) in [5.74, 6) is 0.706. The molecule has 2 aromatic heterocycles. The number of pyridine rings is 1. The van der Waals surface area contributed by atoms with Gasteiger partial charge in [-0.3, -0.25) is 9.20 Å². The molecule has 2 heterocycles. The van der Waals surface area contributed by atoms with E-state index in [2.05, 4.69) is 9.88 Å². The second-order valence-corrected chi connectivity index (χ2v) is 5.58. The summed E-state index contributed by atoms with van der Waals surface area (Å²) in [4.78, 5) is 18.3. The second-order valence-electron chi connectivity index (χ2n) is 5.58. The maximum absolute atomic E-state index is 11.5. The van der Waals surface area contributed by atoms with Crippen molar-refractivity contribution in [3.63, 3.8) is 0 Å². The van der Waals surface area contributed by atoms with Gasteiger partial charge < -0.3 is 10.0 Å². The number of fused-ring (bicyclic) bond motifs is 1. The average molecular weight is 287 g/mol. The van der Waals surface area contributed by atoms with Gasteiger partial charge in [-0.15, -0.1) is 0 Å². The number of rotatable bonds is 5. The van der Waals surface area contributed by atoms with Gasteiger partial charge in [0, 0.05) is 18.8 Å². The molecule has 1 fully saturated rings. The Bertz CT molecular complexity index is 617. The van der Waals surface area contributed by atoms with Gasteiger partial charge in [-0.2, -0.15) is 0 Å². The zero-order valence-electron chi connectivity index (χ0n) is 12.1. The molecule has 0 aromatic carbocycles. The maximum Gasteiger partial charge on any atom is 0.170 e. The first-order chi connectivity index (χ1) is 10.3. The predicted octanol–water partition coefficient (Wildman–Crippen LogP) is 2.28. The van der Waals surface area contributed by atoms with E-state index in [0.717, 1.165) is 24.8 Å². The quantitative estimate of drug-likeness (QED) is 0.857. The van der Waals surface area contributed by atoms with Crippen molar-refractivity contribution in [1.29, 1.82) is 0 Å². The van der Waals surface area contributed by atoms with E-state index in [9.17, 15) is 9.90 Å². The van der Waals surface area contributed by atoms with Crippen molar-refractivity contribution in [3.8, 4) is 0 Å². The number of aliphatic hydroxyl groups excluding tert-OH is 1. The van der Waals surface area contributed by atoms with Crippen LogP contribution in [0.3, 0.4) is 0 Å². The Kier molecular flexibility index (Phi) is 4.20. The summed E-state index contributed by atoms with van der Waals surface area (Å²) in [5, 5.41) is 9.40. The van der Waals surface area contributed by atoms with Crippen LogP contribution >= 0.6 is 0 Å². The van der Waals surface area contributed by atoms with Gasteiger partial charge in [0.25, 0.3) is 0 Å². The summed E-state index contributed by atoms with van der Waals surface area (Å²) in [7, 11) is 0. The molecule has 1 aliphatic carbocycles. The summed E-state index contributed by atoms with van der Waals surface area (Å²) in [6, 6.07) is 6.07. The Morgan fingerprint density at radius 1 is 1.33 bits per heavy atom. The van der Waals surface area contributed by atoms with E-state index in [1.165, 1.54) is 19.3 Å². The van der Waals surface area contributed by atoms with Crippen LogP contribution in [0.2, 0.25) is 0 Å². The fraction of sp³-hybridized carbons (Fsp3) is 0.500. The number of imidazole rings is 1. The third-order valence-electron chi connectivity index (χ3n) is 4.29. The predicted molar refractivity (Wildman–Crippen MR) is 81.9 cm³/mol. The van der Waals surface area contributed by atoms with Gasteiger partial charge in [-0.05, 0) is 25.0 Å². The van der Waals surface area contributed by atoms with Crippen molar-refractivity contribution in [2.45, 2.75) is 38.1 Å². The number of anilines is 1. The van der Waals surface area contributed by atoms with Crippen LogP contribution in [0.25, 0.3) is 5.65 Å². The molecule has 0 bridgehead atoms. The molecule has 1 saturated carbocycles. The lowest BCUT2D eigenvalue weighted by molar-refractivity contribution is 0.111. The molecule has 2 aromatic rings. The molecule has 1 aliphatic rings. The van der Waals surface area contributed by atoms with Crippen molar-refractivity contribution in [2.24, 2.45) is 0 Å². The Hall–Kier alpha value is -1.88. The van der Waals surface area contributed by atoms with Crippen LogP contribution in [-0.4, -0.2) is 40.0 Å². The number of carbonyl (C=O) groups is 1. The van der Waals surface area contributed by atoms with Crippen molar-refractivity contribution in [3.05, 3.63) is 30.1 Å². The number of aromatic nitrogens is 2. The third kappa shape index (κ3) is 2.65. The SMILES string of the molecule is O=Cc1c(N(CCO)C2CCCCC2)nc2ccccn12. The fourth-order valence-corrected chi connectivity index (χ4v) is 3.29. The molecule has 0 aliphatic heterocycles. The lowest BCUT2D eigenvalue weighted by atomic mass is 9.94. The zero-order valence-corrected chi connectivity index (χ0v) is 12.1. The van der Waals surface area contributed by atoms with Gasteiger partial charge in [-0.25, -0.2) is 4.98 Å². The smallest absolute Gasteiger partial charge is 0.170 e. The van der Waals surface area contributed by atoms with Crippen LogP contribution < -0.4 is 4.90 Å². The molecule has 5 heteroatoms. The summed E-state index contributed by atoms with van der Waals surface area (Å²) in [6.45, 7) is 0.595. The number of hydrogen-bond donors (Lipinski definition) is 1. The standard InChI is InChI=1S/C16H21N3O2/c20-11-10-18(13-6-2-1-3-7-13)16-14(12-21)19-9-5-4-8-15(19)17-16/h4-5,8-9,12-13,20H,1-3,6-7,10-11H2. The van der Waals surface area contributed by atoms with Crippen molar-refractivity contribution in [1.82, 2.24) is 9.38 Å². The fourth-order valence-electron chi connectivity index (χ4n) is 3.29. The molecule has 0 radical (unpaired) electrons. The molecule has 1 N–H and O–H groups in total. The first-order valence-electron chi connectivity index (χ1n) is 7.65. The molecule has 3 rings (SSSR count). The van der Waals surface area contributed by atoms with Crippen LogP contribution in [0.15, 0.2) is 24.4 Å². The summed E-state index contributed by atoms with van der Waals surface area (Å²) < 4.78 is 1.82. The highest BCUT2D eigenvalue weighted by Gasteiger charge is 2.25. The van der Waals surface area contributed by atoms with Gasteiger partial charge >= 0.3 is 0 Å². The van der Waals surface area contributed by atoms with E-state index >= 15 is 0 Å². The van der Waals surface area contributed by atoms with Crippen molar-refractivity contribution < 1.29 is 9.90 Å². The Morgan fingerprint density at radius 2 is 2.14 bits per heavy atom. The van der Waals surface area contributed by atoms with Gasteiger partial charge in [0.15, 0.2) is 12.1 Å². The van der Waals surface area contributed by atoms with E-state index in [0.29, 0.717) is 24.1 Å². The van der Waals surface area contributed by atoms with E-state index in [4.69, 9.17) is 0 Å². The molecule has 0 spiro atoms. The highest BCUT2D eigenvalue weighted by atomic mass is 16.3. The van der Waals surface area contributed by atoms with E-state index in [1.54, 1.807) is 0 Å². The second kappa shape index (κ2) is 6.26. The molecule has 112 valence electrons. The summed E-state index contributed by atoms with van der Waals surface area (Å²) in [5.41, 5.74) is 1.35. The number of carbonyl (C=O) groups excluding carboxylic acids is 1. The lowest BCUT2D eigenvalue weighted by Crippen LogP contribution is -2.39. The third-order valence-corrected chi connectivity index (χ3v) is 4.29. The minimum absolute atomic E-state index is 0.0721. The Balaban J connectivity index is 2.03. The number of hydrogen-bond acceptors (Lipinski definition) is 4. The molecule has 0 unspecified atom stereocenters. The highest BCUT2D eigenvalue weighted by molar-refractivity contribution is 5.83. The van der Waals surface area contributed by atoms with Gasteiger partial charge in [0.1, 0.15) is 11.3 Å². The molecule has 0 amide bonds. The monoisotopic (exact) mass is 287 g/mol. The van der Waals surface area contributed by atoms with E-state index in [1.807, 2.05) is 28.8 Å². The first kappa shape index (κ1) is 14.1. The minimum atomic E-state index is 0.0721. The highest BCUT2D eigenvalue weighted by Crippen LogP contribution is 2.29. The molecular weight excluding hydrogens is 266 g/mol. The van der Waals surface area contributed by atoms with Crippen molar-refractivity contribution >= 4 is 17.8 Å². The minimum Gasteiger partial charge on any atom is -0.395 e. The van der Waals surface area contributed by atoms with E-state index in [-0.39, 0.29) is 6.61 Å². The van der Waals surface area contributed by atoms with Crippen LogP contribution in [0.4, 0.5) is 5.82 Å². The topological polar surface area (TPSA) is 57.8 Å². The molecular formula is C16H21N3O2. The summed E-state index contributed by atoms with van der Waals surface area (Å²) in [6.07, 6.45) is 8.61. The van der Waals surface area contributed by atoms with Gasteiger partial charge in [-0.1, -0.05) is 25.3 Å².